The maximum atomic E-state index is 6.07. The molecule has 0 bridgehead atoms. The predicted molar refractivity (Wildman–Crippen MR) is 68.4 cm³/mol. The molecule has 1 aliphatic rings. The fourth-order valence-corrected chi connectivity index (χ4v) is 2.18. The summed E-state index contributed by atoms with van der Waals surface area (Å²) in [5, 5.41) is 1.49. The van der Waals surface area contributed by atoms with Crippen LogP contribution in [0.4, 0.5) is 0 Å². The van der Waals surface area contributed by atoms with Gasteiger partial charge in [0.1, 0.15) is 0 Å². The molecule has 0 saturated carbocycles. The molecule has 1 aromatic carbocycles. The maximum absolute atomic E-state index is 6.07. The first kappa shape index (κ1) is 12.5. The highest BCUT2D eigenvalue weighted by molar-refractivity contribution is 6.36. The topological polar surface area (TPSA) is 12.4 Å². The van der Waals surface area contributed by atoms with E-state index >= 15 is 0 Å². The minimum Gasteiger partial charge on any atom is -0.294 e. The molecule has 0 amide bonds. The molecule has 1 aromatic rings. The molecule has 1 aliphatic heterocycles. The number of hydrogen-bond acceptors (Lipinski definition) is 1. The molecular weight excluding hydrogens is 229 g/mol. The number of hydrogen-bond donors (Lipinski definition) is 0. The van der Waals surface area contributed by atoms with E-state index in [1.165, 1.54) is 5.71 Å². The van der Waals surface area contributed by atoms with Crippen molar-refractivity contribution in [1.82, 2.24) is 0 Å². The summed E-state index contributed by atoms with van der Waals surface area (Å²) in [7, 11) is 0. The van der Waals surface area contributed by atoms with Gasteiger partial charge in [-0.3, -0.25) is 4.99 Å². The number of nitrogens with zero attached hydrogens (tertiary/aromatic N) is 1. The van der Waals surface area contributed by atoms with Crippen LogP contribution in [0.3, 0.4) is 0 Å². The van der Waals surface area contributed by atoms with Gasteiger partial charge in [0.15, 0.2) is 0 Å². The van der Waals surface area contributed by atoms with Gasteiger partial charge in [0.2, 0.25) is 0 Å². The van der Waals surface area contributed by atoms with E-state index in [-0.39, 0.29) is 7.43 Å². The molecular formula is C12H15Cl2N. The smallest absolute Gasteiger partial charge is 0.0456 e. The van der Waals surface area contributed by atoms with Crippen LogP contribution in [-0.2, 0) is 6.42 Å². The van der Waals surface area contributed by atoms with E-state index in [1.54, 1.807) is 0 Å². The zero-order valence-electron chi connectivity index (χ0n) is 7.76. The third kappa shape index (κ3) is 2.96. The zero-order chi connectivity index (χ0) is 9.97. The third-order valence-corrected chi connectivity index (χ3v) is 3.11. The second-order valence-electron chi connectivity index (χ2n) is 3.43. The van der Waals surface area contributed by atoms with Gasteiger partial charge in [-0.05, 0) is 30.5 Å². The van der Waals surface area contributed by atoms with E-state index in [0.29, 0.717) is 0 Å². The number of rotatable bonds is 2. The highest BCUT2D eigenvalue weighted by Gasteiger charge is 2.11. The Morgan fingerprint density at radius 2 is 1.87 bits per heavy atom. The average Bonchev–Trinajstić information content (AvgIpc) is 2.64. The van der Waals surface area contributed by atoms with Gasteiger partial charge in [0.25, 0.3) is 0 Å². The Morgan fingerprint density at radius 3 is 2.40 bits per heavy atom. The van der Waals surface area contributed by atoms with Crippen molar-refractivity contribution in [2.24, 2.45) is 4.99 Å². The largest absolute Gasteiger partial charge is 0.294 e. The van der Waals surface area contributed by atoms with Gasteiger partial charge in [0, 0.05) is 28.7 Å². The van der Waals surface area contributed by atoms with Crippen molar-refractivity contribution in [3.05, 3.63) is 33.8 Å². The molecule has 1 nitrogen and oxygen atoms in total. The molecule has 0 aromatic heterocycles. The lowest BCUT2D eigenvalue weighted by molar-refractivity contribution is 0.949. The molecule has 0 spiro atoms. The monoisotopic (exact) mass is 243 g/mol. The van der Waals surface area contributed by atoms with Crippen molar-refractivity contribution in [3.8, 4) is 0 Å². The van der Waals surface area contributed by atoms with Gasteiger partial charge in [-0.25, -0.2) is 0 Å². The first-order valence-electron chi connectivity index (χ1n) is 4.72. The summed E-state index contributed by atoms with van der Waals surface area (Å²) in [6, 6.07) is 5.61. The van der Waals surface area contributed by atoms with Crippen LogP contribution < -0.4 is 0 Å². The first-order chi connectivity index (χ1) is 6.77. The van der Waals surface area contributed by atoms with E-state index in [1.807, 2.05) is 18.2 Å². The lowest BCUT2D eigenvalue weighted by Gasteiger charge is -2.06. The third-order valence-electron chi connectivity index (χ3n) is 2.40. The van der Waals surface area contributed by atoms with Gasteiger partial charge in [-0.15, -0.1) is 0 Å². The van der Waals surface area contributed by atoms with Gasteiger partial charge < -0.3 is 0 Å². The molecule has 0 N–H and O–H groups in total. The average molecular weight is 244 g/mol. The van der Waals surface area contributed by atoms with Crippen LogP contribution in [0.25, 0.3) is 0 Å². The number of halogens is 2. The molecule has 2 rings (SSSR count). The second-order valence-corrected chi connectivity index (χ2v) is 4.24. The predicted octanol–water partition coefficient (Wildman–Crippen LogP) is 4.41. The van der Waals surface area contributed by atoms with Crippen molar-refractivity contribution < 1.29 is 0 Å². The molecule has 0 fully saturated rings. The van der Waals surface area contributed by atoms with Crippen LogP contribution in [-0.4, -0.2) is 12.3 Å². The normalized spacial score (nSPS) is 14.7. The summed E-state index contributed by atoms with van der Waals surface area (Å²) in [5.41, 5.74) is 2.23. The Labute approximate surface area is 101 Å². The Balaban J connectivity index is 0.00000112. The van der Waals surface area contributed by atoms with Crippen LogP contribution in [0, 0.1) is 0 Å². The molecule has 0 unspecified atom stereocenters. The molecule has 1 heterocycles. The summed E-state index contributed by atoms with van der Waals surface area (Å²) in [5.74, 6) is 0. The van der Waals surface area contributed by atoms with Crippen molar-refractivity contribution in [3.63, 3.8) is 0 Å². The fraction of sp³-hybridized carbons (Fsp3) is 0.417. The minimum absolute atomic E-state index is 0. The van der Waals surface area contributed by atoms with Crippen LogP contribution >= 0.6 is 23.2 Å². The molecule has 0 atom stereocenters. The summed E-state index contributed by atoms with van der Waals surface area (Å²) in [4.78, 5) is 4.41. The zero-order valence-corrected chi connectivity index (χ0v) is 9.28. The minimum atomic E-state index is 0. The van der Waals surface area contributed by atoms with Gasteiger partial charge in [0.05, 0.1) is 0 Å². The Hall–Kier alpha value is -0.530. The van der Waals surface area contributed by atoms with Gasteiger partial charge >= 0.3 is 0 Å². The Morgan fingerprint density at radius 1 is 1.20 bits per heavy atom. The molecule has 82 valence electrons. The Kier molecular flexibility index (Phi) is 4.62. The SMILES string of the molecule is C.Clc1cccc(Cl)c1CC1=NCCC1. The lowest BCUT2D eigenvalue weighted by atomic mass is 10.1. The van der Waals surface area contributed by atoms with Crippen molar-refractivity contribution in [1.29, 1.82) is 0 Å². The molecule has 0 aliphatic carbocycles. The van der Waals surface area contributed by atoms with Crippen LogP contribution in [0.15, 0.2) is 23.2 Å². The number of aliphatic imine (C=N–C) groups is 1. The summed E-state index contributed by atoms with van der Waals surface area (Å²) < 4.78 is 0. The fourth-order valence-electron chi connectivity index (χ4n) is 1.65. The summed E-state index contributed by atoms with van der Waals surface area (Å²) in [6.45, 7) is 0.956. The van der Waals surface area contributed by atoms with Crippen molar-refractivity contribution >= 4 is 28.9 Å². The standard InChI is InChI=1S/C11H11Cl2N.CH4/c12-10-4-1-5-11(13)9(10)7-8-3-2-6-14-8;/h1,4-5H,2-3,6-7H2;1H4. The highest BCUT2D eigenvalue weighted by atomic mass is 35.5. The van der Waals surface area contributed by atoms with E-state index in [0.717, 1.165) is 41.4 Å². The quantitative estimate of drug-likeness (QED) is 0.730. The van der Waals surface area contributed by atoms with E-state index < -0.39 is 0 Å². The molecule has 0 saturated heterocycles. The lowest BCUT2D eigenvalue weighted by Crippen LogP contribution is -2.00. The van der Waals surface area contributed by atoms with Gasteiger partial charge in [-0.2, -0.15) is 0 Å². The van der Waals surface area contributed by atoms with Crippen molar-refractivity contribution in [2.45, 2.75) is 26.7 Å². The molecule has 0 radical (unpaired) electrons. The van der Waals surface area contributed by atoms with E-state index in [4.69, 9.17) is 23.2 Å². The second kappa shape index (κ2) is 5.53. The molecule has 15 heavy (non-hydrogen) atoms. The maximum Gasteiger partial charge on any atom is 0.0456 e. The van der Waals surface area contributed by atoms with Crippen molar-refractivity contribution in [2.75, 3.05) is 6.54 Å². The van der Waals surface area contributed by atoms with Gasteiger partial charge in [-0.1, -0.05) is 36.7 Å². The van der Waals surface area contributed by atoms with E-state index in [2.05, 4.69) is 4.99 Å². The van der Waals surface area contributed by atoms with Crippen LogP contribution in [0.5, 0.6) is 0 Å². The van der Waals surface area contributed by atoms with Crippen LogP contribution in [0.2, 0.25) is 10.0 Å². The highest BCUT2D eigenvalue weighted by Crippen LogP contribution is 2.26. The van der Waals surface area contributed by atoms with Crippen LogP contribution in [0.1, 0.15) is 25.8 Å². The molecule has 3 heteroatoms. The number of benzene rings is 1. The summed E-state index contributed by atoms with van der Waals surface area (Å²) >= 11 is 12.1. The first-order valence-corrected chi connectivity index (χ1v) is 5.48. The summed E-state index contributed by atoms with van der Waals surface area (Å²) in [6.07, 6.45) is 3.05. The van der Waals surface area contributed by atoms with E-state index in [9.17, 15) is 0 Å². The Bertz CT molecular complexity index is 352.